The molecule has 3 aromatic rings. The minimum atomic E-state index is -0.363. The molecule has 1 N–H and O–H groups in total. The van der Waals surface area contributed by atoms with Crippen LogP contribution in [0.2, 0.25) is 0 Å². The van der Waals surface area contributed by atoms with Crippen molar-refractivity contribution in [3.05, 3.63) is 31.0 Å². The summed E-state index contributed by atoms with van der Waals surface area (Å²) in [6.07, 6.45) is 8.71. The van der Waals surface area contributed by atoms with Crippen LogP contribution in [0.1, 0.15) is 19.3 Å². The largest absolute Gasteiger partial charge is 0.346 e. The molecule has 0 spiro atoms. The summed E-state index contributed by atoms with van der Waals surface area (Å²) in [5, 5.41) is 23.5. The van der Waals surface area contributed by atoms with Crippen LogP contribution in [0.25, 0.3) is 22.3 Å². The molecule has 7 heteroatoms. The number of rotatable bonds is 3. The van der Waals surface area contributed by atoms with Gasteiger partial charge in [-0.05, 0) is 18.9 Å². The van der Waals surface area contributed by atoms with Crippen LogP contribution in [0.3, 0.4) is 0 Å². The maximum atomic E-state index is 9.13. The van der Waals surface area contributed by atoms with Crippen LogP contribution in [0, 0.1) is 28.6 Å². The topological polar surface area (TPSA) is 107 Å². The van der Waals surface area contributed by atoms with Crippen LogP contribution in [0.4, 0.5) is 0 Å². The molecule has 7 nitrogen and oxygen atoms in total. The van der Waals surface area contributed by atoms with Gasteiger partial charge in [-0.1, -0.05) is 0 Å². The second kappa shape index (κ2) is 4.92. The zero-order valence-corrected chi connectivity index (χ0v) is 12.3. The maximum absolute atomic E-state index is 9.13. The van der Waals surface area contributed by atoms with Crippen LogP contribution in [-0.2, 0) is 5.54 Å². The van der Waals surface area contributed by atoms with Gasteiger partial charge in [-0.15, -0.1) is 0 Å². The summed E-state index contributed by atoms with van der Waals surface area (Å²) < 4.78 is 1.83. The van der Waals surface area contributed by atoms with Crippen molar-refractivity contribution in [2.75, 3.05) is 0 Å². The highest BCUT2D eigenvalue weighted by Crippen LogP contribution is 2.46. The Morgan fingerprint density at radius 2 is 2.22 bits per heavy atom. The highest BCUT2D eigenvalue weighted by atomic mass is 15.3. The summed E-state index contributed by atoms with van der Waals surface area (Å²) in [4.78, 5) is 11.6. The van der Waals surface area contributed by atoms with Gasteiger partial charge in [-0.3, -0.25) is 4.68 Å². The Balaban J connectivity index is 1.74. The Morgan fingerprint density at radius 3 is 3.00 bits per heavy atom. The Kier molecular flexibility index (Phi) is 2.88. The predicted molar refractivity (Wildman–Crippen MR) is 81.7 cm³/mol. The van der Waals surface area contributed by atoms with Gasteiger partial charge in [0.1, 0.15) is 12.0 Å². The number of aromatic amines is 1. The molecule has 0 saturated heterocycles. The smallest absolute Gasteiger partial charge is 0.141 e. The maximum Gasteiger partial charge on any atom is 0.141 e. The monoisotopic (exact) mass is 303 g/mol. The molecule has 4 rings (SSSR count). The summed E-state index contributed by atoms with van der Waals surface area (Å²) in [5.41, 5.74) is 2.11. The standard InChI is InChI=1S/C16H13N7/c17-3-2-16(5-11(6-16)7-18)23-9-12(8-22-23)14-13-1-4-19-15(13)21-10-20-14/h1,4,8-11H,2,5-6H2,(H,19,20,21)/t11-,16-. The van der Waals surface area contributed by atoms with Crippen molar-refractivity contribution in [3.8, 4) is 23.4 Å². The number of hydrogen-bond donors (Lipinski definition) is 1. The first-order valence-corrected chi connectivity index (χ1v) is 7.36. The second-order valence-corrected chi connectivity index (χ2v) is 5.93. The number of H-pyrrole nitrogens is 1. The van der Waals surface area contributed by atoms with Gasteiger partial charge in [-0.2, -0.15) is 15.6 Å². The molecule has 1 fully saturated rings. The molecule has 0 atom stereocenters. The van der Waals surface area contributed by atoms with E-state index in [1.54, 1.807) is 6.20 Å². The van der Waals surface area contributed by atoms with E-state index in [2.05, 4.69) is 32.2 Å². The summed E-state index contributed by atoms with van der Waals surface area (Å²) in [6, 6.07) is 6.43. The van der Waals surface area contributed by atoms with E-state index < -0.39 is 0 Å². The molecule has 3 aromatic heterocycles. The summed E-state index contributed by atoms with van der Waals surface area (Å²) in [6.45, 7) is 0. The Labute approximate surface area is 132 Å². The predicted octanol–water partition coefficient (Wildman–Crippen LogP) is 2.36. The van der Waals surface area contributed by atoms with Crippen molar-refractivity contribution in [2.24, 2.45) is 5.92 Å². The van der Waals surface area contributed by atoms with Crippen molar-refractivity contribution >= 4 is 11.0 Å². The summed E-state index contributed by atoms with van der Waals surface area (Å²) in [7, 11) is 0. The Morgan fingerprint density at radius 1 is 1.35 bits per heavy atom. The number of fused-ring (bicyclic) bond motifs is 1. The zero-order chi connectivity index (χ0) is 15.9. The number of nitrogens with zero attached hydrogens (tertiary/aromatic N) is 6. The molecule has 0 unspecified atom stereocenters. The normalized spacial score (nSPS) is 23.1. The molecule has 1 saturated carbocycles. The fraction of sp³-hybridized carbons (Fsp3) is 0.312. The minimum Gasteiger partial charge on any atom is -0.346 e. The van der Waals surface area contributed by atoms with Crippen molar-refractivity contribution in [3.63, 3.8) is 0 Å². The molecule has 0 amide bonds. The van der Waals surface area contributed by atoms with E-state index in [0.717, 1.165) is 22.3 Å². The molecule has 1 aliphatic carbocycles. The van der Waals surface area contributed by atoms with E-state index in [0.29, 0.717) is 19.3 Å². The average molecular weight is 303 g/mol. The van der Waals surface area contributed by atoms with Crippen molar-refractivity contribution in [1.82, 2.24) is 24.7 Å². The summed E-state index contributed by atoms with van der Waals surface area (Å²) in [5.74, 6) is 0.00595. The first-order chi connectivity index (χ1) is 11.3. The third-order valence-corrected chi connectivity index (χ3v) is 4.54. The van der Waals surface area contributed by atoms with Crippen molar-refractivity contribution < 1.29 is 0 Å². The van der Waals surface area contributed by atoms with E-state index in [1.807, 2.05) is 23.1 Å². The van der Waals surface area contributed by atoms with E-state index in [-0.39, 0.29) is 11.5 Å². The highest BCUT2D eigenvalue weighted by Gasteiger charge is 2.46. The molecule has 0 bridgehead atoms. The van der Waals surface area contributed by atoms with E-state index in [9.17, 15) is 0 Å². The number of nitriles is 2. The Bertz CT molecular complexity index is 947. The van der Waals surface area contributed by atoms with Crippen LogP contribution in [0.15, 0.2) is 31.0 Å². The van der Waals surface area contributed by atoms with E-state index in [4.69, 9.17) is 10.5 Å². The van der Waals surface area contributed by atoms with Gasteiger partial charge in [0.15, 0.2) is 0 Å². The zero-order valence-electron chi connectivity index (χ0n) is 12.3. The lowest BCUT2D eigenvalue weighted by Gasteiger charge is -2.43. The van der Waals surface area contributed by atoms with Crippen molar-refractivity contribution in [2.45, 2.75) is 24.8 Å². The molecule has 0 aliphatic heterocycles. The van der Waals surface area contributed by atoms with Gasteiger partial charge >= 0.3 is 0 Å². The van der Waals surface area contributed by atoms with Crippen LogP contribution in [0.5, 0.6) is 0 Å². The van der Waals surface area contributed by atoms with Gasteiger partial charge < -0.3 is 4.98 Å². The second-order valence-electron chi connectivity index (χ2n) is 5.93. The fourth-order valence-corrected chi connectivity index (χ4v) is 3.32. The van der Waals surface area contributed by atoms with Crippen molar-refractivity contribution in [1.29, 1.82) is 10.5 Å². The number of hydrogen-bond acceptors (Lipinski definition) is 5. The molecule has 3 heterocycles. The average Bonchev–Trinajstić information content (AvgIpc) is 3.18. The van der Waals surface area contributed by atoms with Gasteiger partial charge in [0, 0.05) is 23.3 Å². The quantitative estimate of drug-likeness (QED) is 0.799. The first kappa shape index (κ1) is 13.5. The molecular formula is C16H13N7. The summed E-state index contributed by atoms with van der Waals surface area (Å²) >= 11 is 0. The van der Waals surface area contributed by atoms with Gasteiger partial charge in [0.05, 0.1) is 41.9 Å². The molecular weight excluding hydrogens is 290 g/mol. The first-order valence-electron chi connectivity index (χ1n) is 7.36. The lowest BCUT2D eigenvalue weighted by molar-refractivity contribution is 0.0882. The Hall–Kier alpha value is -3.19. The van der Waals surface area contributed by atoms with Gasteiger partial charge in [0.25, 0.3) is 0 Å². The van der Waals surface area contributed by atoms with Crippen LogP contribution in [-0.4, -0.2) is 24.7 Å². The lowest BCUT2D eigenvalue weighted by Crippen LogP contribution is -2.46. The molecule has 0 aromatic carbocycles. The van der Waals surface area contributed by atoms with Gasteiger partial charge in [-0.25, -0.2) is 9.97 Å². The number of nitrogens with one attached hydrogen (secondary N) is 1. The minimum absolute atomic E-state index is 0.00595. The third kappa shape index (κ3) is 1.98. The SMILES string of the molecule is N#CC[C@]1(n2cc(-c3ncnc4[nH]ccc34)cn2)C[C@H](C#N)C1. The fourth-order valence-electron chi connectivity index (χ4n) is 3.32. The number of aromatic nitrogens is 5. The molecule has 1 aliphatic rings. The molecule has 112 valence electrons. The van der Waals surface area contributed by atoms with E-state index >= 15 is 0 Å². The van der Waals surface area contributed by atoms with E-state index in [1.165, 1.54) is 6.33 Å². The van der Waals surface area contributed by atoms with Gasteiger partial charge in [0.2, 0.25) is 0 Å². The third-order valence-electron chi connectivity index (χ3n) is 4.54. The highest BCUT2D eigenvalue weighted by molar-refractivity contribution is 5.89. The molecule has 0 radical (unpaired) electrons. The molecule has 23 heavy (non-hydrogen) atoms. The van der Waals surface area contributed by atoms with Crippen LogP contribution >= 0.6 is 0 Å². The lowest BCUT2D eigenvalue weighted by atomic mass is 9.67. The van der Waals surface area contributed by atoms with Crippen LogP contribution < -0.4 is 0 Å².